The Kier molecular flexibility index (Phi) is 3.44. The van der Waals surface area contributed by atoms with Gasteiger partial charge in [0.25, 0.3) is 0 Å². The van der Waals surface area contributed by atoms with Gasteiger partial charge in [-0.25, -0.2) is 9.18 Å². The largest absolute Gasteiger partial charge is 0.478 e. The zero-order valence-corrected chi connectivity index (χ0v) is 8.33. The lowest BCUT2D eigenvalue weighted by Gasteiger charge is -2.13. The van der Waals surface area contributed by atoms with Crippen LogP contribution in [0.2, 0.25) is 0 Å². The van der Waals surface area contributed by atoms with Crippen LogP contribution in [-0.2, 0) is 0 Å². The van der Waals surface area contributed by atoms with Crippen LogP contribution in [0.3, 0.4) is 0 Å². The maximum absolute atomic E-state index is 12.8. The summed E-state index contributed by atoms with van der Waals surface area (Å²) >= 11 is 0. The molecule has 0 saturated heterocycles. The SMILES string of the molecule is C=CC(C)Nc1ccc(F)cc1C(=O)O. The second kappa shape index (κ2) is 4.59. The molecular weight excluding hydrogens is 197 g/mol. The Bertz CT molecular complexity index is 390. The van der Waals surface area contributed by atoms with E-state index in [2.05, 4.69) is 11.9 Å². The van der Waals surface area contributed by atoms with Crippen molar-refractivity contribution in [1.82, 2.24) is 0 Å². The minimum Gasteiger partial charge on any atom is -0.478 e. The van der Waals surface area contributed by atoms with Gasteiger partial charge in [-0.05, 0) is 25.1 Å². The van der Waals surface area contributed by atoms with E-state index in [0.717, 1.165) is 6.07 Å². The van der Waals surface area contributed by atoms with E-state index in [1.54, 1.807) is 6.08 Å². The topological polar surface area (TPSA) is 49.3 Å². The molecule has 80 valence electrons. The molecule has 0 aromatic heterocycles. The molecular formula is C11H12FNO2. The second-order valence-corrected chi connectivity index (χ2v) is 3.16. The third kappa shape index (κ3) is 2.80. The number of nitrogens with one attached hydrogen (secondary N) is 1. The number of hydrogen-bond donors (Lipinski definition) is 2. The van der Waals surface area contributed by atoms with Crippen LogP contribution < -0.4 is 5.32 Å². The monoisotopic (exact) mass is 209 g/mol. The van der Waals surface area contributed by atoms with Crippen molar-refractivity contribution < 1.29 is 14.3 Å². The summed E-state index contributed by atoms with van der Waals surface area (Å²) in [5, 5.41) is 11.7. The molecule has 0 aliphatic rings. The zero-order valence-electron chi connectivity index (χ0n) is 8.33. The zero-order chi connectivity index (χ0) is 11.4. The first kappa shape index (κ1) is 11.2. The lowest BCUT2D eigenvalue weighted by atomic mass is 10.1. The summed E-state index contributed by atoms with van der Waals surface area (Å²) in [5.74, 6) is -1.72. The smallest absolute Gasteiger partial charge is 0.337 e. The molecule has 15 heavy (non-hydrogen) atoms. The van der Waals surface area contributed by atoms with Gasteiger partial charge in [-0.1, -0.05) is 6.08 Å². The Labute approximate surface area is 87.2 Å². The summed E-state index contributed by atoms with van der Waals surface area (Å²) in [4.78, 5) is 10.8. The van der Waals surface area contributed by atoms with Crippen molar-refractivity contribution in [2.24, 2.45) is 0 Å². The van der Waals surface area contributed by atoms with E-state index in [1.807, 2.05) is 6.92 Å². The maximum atomic E-state index is 12.8. The standard InChI is InChI=1S/C11H12FNO2/c1-3-7(2)13-10-5-4-8(12)6-9(10)11(14)15/h3-7,13H,1H2,2H3,(H,14,15). The molecule has 0 fully saturated rings. The van der Waals surface area contributed by atoms with Gasteiger partial charge in [0.2, 0.25) is 0 Å². The molecule has 0 heterocycles. The quantitative estimate of drug-likeness (QED) is 0.749. The van der Waals surface area contributed by atoms with Gasteiger partial charge < -0.3 is 10.4 Å². The Morgan fingerprint density at radius 1 is 1.67 bits per heavy atom. The molecule has 0 spiro atoms. The fourth-order valence-corrected chi connectivity index (χ4v) is 1.12. The predicted molar refractivity (Wildman–Crippen MR) is 56.6 cm³/mol. The van der Waals surface area contributed by atoms with E-state index in [1.165, 1.54) is 12.1 Å². The number of carboxylic acids is 1. The van der Waals surface area contributed by atoms with Crippen LogP contribution in [0.1, 0.15) is 17.3 Å². The molecule has 0 amide bonds. The minimum absolute atomic E-state index is 0.0754. The molecule has 1 unspecified atom stereocenters. The fraction of sp³-hybridized carbons (Fsp3) is 0.182. The molecule has 0 radical (unpaired) electrons. The molecule has 4 heteroatoms. The molecule has 1 atom stereocenters. The van der Waals surface area contributed by atoms with Gasteiger partial charge in [-0.15, -0.1) is 6.58 Å². The third-order valence-corrected chi connectivity index (χ3v) is 1.95. The van der Waals surface area contributed by atoms with Crippen molar-refractivity contribution in [1.29, 1.82) is 0 Å². The van der Waals surface area contributed by atoms with Crippen LogP contribution in [0.5, 0.6) is 0 Å². The van der Waals surface area contributed by atoms with E-state index in [0.29, 0.717) is 5.69 Å². The summed E-state index contributed by atoms with van der Waals surface area (Å²) in [7, 11) is 0. The van der Waals surface area contributed by atoms with Crippen LogP contribution >= 0.6 is 0 Å². The number of rotatable bonds is 4. The minimum atomic E-state index is -1.16. The number of benzene rings is 1. The molecule has 1 rings (SSSR count). The highest BCUT2D eigenvalue weighted by Crippen LogP contribution is 2.18. The van der Waals surface area contributed by atoms with Gasteiger partial charge in [0.15, 0.2) is 0 Å². The first-order valence-corrected chi connectivity index (χ1v) is 4.46. The average Bonchev–Trinajstić information content (AvgIpc) is 2.20. The van der Waals surface area contributed by atoms with E-state index in [9.17, 15) is 9.18 Å². The highest BCUT2D eigenvalue weighted by atomic mass is 19.1. The number of anilines is 1. The molecule has 0 aliphatic carbocycles. The summed E-state index contributed by atoms with van der Waals surface area (Å²) in [6.07, 6.45) is 1.63. The average molecular weight is 209 g/mol. The van der Waals surface area contributed by atoms with E-state index in [-0.39, 0.29) is 11.6 Å². The van der Waals surface area contributed by atoms with E-state index in [4.69, 9.17) is 5.11 Å². The number of aromatic carboxylic acids is 1. The molecule has 1 aromatic carbocycles. The molecule has 0 bridgehead atoms. The van der Waals surface area contributed by atoms with Crippen LogP contribution in [-0.4, -0.2) is 17.1 Å². The Morgan fingerprint density at radius 3 is 2.87 bits per heavy atom. The van der Waals surface area contributed by atoms with E-state index < -0.39 is 11.8 Å². The third-order valence-electron chi connectivity index (χ3n) is 1.95. The lowest BCUT2D eigenvalue weighted by Crippen LogP contribution is -2.14. The van der Waals surface area contributed by atoms with Crippen molar-refractivity contribution >= 4 is 11.7 Å². The highest BCUT2D eigenvalue weighted by molar-refractivity contribution is 5.94. The van der Waals surface area contributed by atoms with Crippen LogP contribution in [0, 0.1) is 5.82 Å². The lowest BCUT2D eigenvalue weighted by molar-refractivity contribution is 0.0697. The van der Waals surface area contributed by atoms with Gasteiger partial charge in [0.1, 0.15) is 5.82 Å². The molecule has 3 nitrogen and oxygen atoms in total. The van der Waals surface area contributed by atoms with Crippen molar-refractivity contribution in [3.8, 4) is 0 Å². The van der Waals surface area contributed by atoms with Crippen LogP contribution in [0.4, 0.5) is 10.1 Å². The first-order valence-electron chi connectivity index (χ1n) is 4.46. The Hall–Kier alpha value is -1.84. The van der Waals surface area contributed by atoms with Crippen molar-refractivity contribution in [3.05, 3.63) is 42.2 Å². The molecule has 2 N–H and O–H groups in total. The van der Waals surface area contributed by atoms with Crippen molar-refractivity contribution in [2.75, 3.05) is 5.32 Å². The summed E-state index contributed by atoms with van der Waals surface area (Å²) < 4.78 is 12.8. The Morgan fingerprint density at radius 2 is 2.33 bits per heavy atom. The number of carboxylic acid groups (broad SMARTS) is 1. The molecule has 0 saturated carbocycles. The number of carbonyl (C=O) groups is 1. The predicted octanol–water partition coefficient (Wildman–Crippen LogP) is 2.51. The highest BCUT2D eigenvalue weighted by Gasteiger charge is 2.11. The first-order chi connectivity index (χ1) is 7.04. The van der Waals surface area contributed by atoms with E-state index >= 15 is 0 Å². The number of halogens is 1. The van der Waals surface area contributed by atoms with Gasteiger partial charge in [-0.3, -0.25) is 0 Å². The number of hydrogen-bond acceptors (Lipinski definition) is 2. The summed E-state index contributed by atoms with van der Waals surface area (Å²) in [5.41, 5.74) is 0.306. The van der Waals surface area contributed by atoms with Crippen LogP contribution in [0.15, 0.2) is 30.9 Å². The van der Waals surface area contributed by atoms with Gasteiger partial charge >= 0.3 is 5.97 Å². The maximum Gasteiger partial charge on any atom is 0.337 e. The molecule has 0 aliphatic heterocycles. The van der Waals surface area contributed by atoms with Crippen LogP contribution in [0.25, 0.3) is 0 Å². The van der Waals surface area contributed by atoms with Gasteiger partial charge in [-0.2, -0.15) is 0 Å². The Balaban J connectivity index is 3.05. The summed E-state index contributed by atoms with van der Waals surface area (Å²) in [6, 6.07) is 3.53. The van der Waals surface area contributed by atoms with Crippen molar-refractivity contribution in [2.45, 2.75) is 13.0 Å². The van der Waals surface area contributed by atoms with Gasteiger partial charge in [0, 0.05) is 11.7 Å². The fourth-order valence-electron chi connectivity index (χ4n) is 1.12. The van der Waals surface area contributed by atoms with Gasteiger partial charge in [0.05, 0.1) is 5.56 Å². The summed E-state index contributed by atoms with van der Waals surface area (Å²) in [6.45, 7) is 5.39. The normalized spacial score (nSPS) is 11.9. The molecule has 1 aromatic rings. The second-order valence-electron chi connectivity index (χ2n) is 3.16. The van der Waals surface area contributed by atoms with Crippen molar-refractivity contribution in [3.63, 3.8) is 0 Å².